The van der Waals surface area contributed by atoms with Crippen LogP contribution in [0.5, 0.6) is 0 Å². The maximum Gasteiger partial charge on any atom is 0.0477 e. The zero-order valence-electron chi connectivity index (χ0n) is 12.5. The van der Waals surface area contributed by atoms with Crippen LogP contribution < -0.4 is 5.32 Å². The van der Waals surface area contributed by atoms with Gasteiger partial charge in [-0.1, -0.05) is 38.1 Å². The molecule has 0 radical (unpaired) electrons. The number of hydrogen-bond acceptors (Lipinski definition) is 2. The standard InChI is InChI=1S/C17H27NO/c1-4-19-13-7-12-18-16-10-11-17(2,3)15-9-6-5-8-14(15)16/h5-6,8-9,16,18H,4,7,10-13H2,1-3H3. The Morgan fingerprint density at radius 1 is 1.32 bits per heavy atom. The Balaban J connectivity index is 1.96. The van der Waals surface area contributed by atoms with Gasteiger partial charge in [-0.05, 0) is 49.3 Å². The molecular formula is C17H27NO. The van der Waals surface area contributed by atoms with Crippen molar-refractivity contribution in [2.24, 2.45) is 0 Å². The topological polar surface area (TPSA) is 21.3 Å². The van der Waals surface area contributed by atoms with Gasteiger partial charge in [0.15, 0.2) is 0 Å². The van der Waals surface area contributed by atoms with Gasteiger partial charge in [-0.25, -0.2) is 0 Å². The summed E-state index contributed by atoms with van der Waals surface area (Å²) < 4.78 is 5.39. The molecule has 2 rings (SSSR count). The Kier molecular flexibility index (Phi) is 5.00. The maximum atomic E-state index is 5.39. The van der Waals surface area contributed by atoms with Gasteiger partial charge in [0, 0.05) is 19.3 Å². The normalized spacial score (nSPS) is 21.1. The van der Waals surface area contributed by atoms with Gasteiger partial charge in [0.2, 0.25) is 0 Å². The van der Waals surface area contributed by atoms with Crippen LogP contribution in [0.15, 0.2) is 24.3 Å². The first kappa shape index (κ1) is 14.5. The Labute approximate surface area is 117 Å². The predicted octanol–water partition coefficient (Wildman–Crippen LogP) is 3.82. The van der Waals surface area contributed by atoms with Crippen LogP contribution in [0.1, 0.15) is 57.2 Å². The highest BCUT2D eigenvalue weighted by Gasteiger charge is 2.31. The fourth-order valence-electron chi connectivity index (χ4n) is 3.02. The van der Waals surface area contributed by atoms with Gasteiger partial charge in [0.05, 0.1) is 0 Å². The van der Waals surface area contributed by atoms with Gasteiger partial charge < -0.3 is 10.1 Å². The van der Waals surface area contributed by atoms with Crippen LogP contribution in [-0.4, -0.2) is 19.8 Å². The van der Waals surface area contributed by atoms with Crippen molar-refractivity contribution in [2.75, 3.05) is 19.8 Å². The molecule has 0 fully saturated rings. The van der Waals surface area contributed by atoms with Crippen LogP contribution in [0, 0.1) is 0 Å². The number of benzene rings is 1. The highest BCUT2D eigenvalue weighted by Crippen LogP contribution is 2.41. The average molecular weight is 261 g/mol. The molecule has 2 nitrogen and oxygen atoms in total. The molecule has 0 amide bonds. The molecule has 1 N–H and O–H groups in total. The summed E-state index contributed by atoms with van der Waals surface area (Å²) in [7, 11) is 0. The zero-order chi connectivity index (χ0) is 13.7. The predicted molar refractivity (Wildman–Crippen MR) is 80.6 cm³/mol. The van der Waals surface area contributed by atoms with E-state index >= 15 is 0 Å². The number of fused-ring (bicyclic) bond motifs is 1. The summed E-state index contributed by atoms with van der Waals surface area (Å²) in [6.45, 7) is 9.49. The van der Waals surface area contributed by atoms with E-state index in [1.165, 1.54) is 24.0 Å². The Morgan fingerprint density at radius 3 is 2.89 bits per heavy atom. The zero-order valence-corrected chi connectivity index (χ0v) is 12.5. The van der Waals surface area contributed by atoms with E-state index in [4.69, 9.17) is 4.74 Å². The molecule has 1 aliphatic rings. The molecule has 106 valence electrons. The minimum absolute atomic E-state index is 0.320. The molecule has 1 unspecified atom stereocenters. The fourth-order valence-corrected chi connectivity index (χ4v) is 3.02. The smallest absolute Gasteiger partial charge is 0.0477 e. The van der Waals surface area contributed by atoms with Gasteiger partial charge in [0.1, 0.15) is 0 Å². The fraction of sp³-hybridized carbons (Fsp3) is 0.647. The molecule has 0 aliphatic heterocycles. The summed E-state index contributed by atoms with van der Waals surface area (Å²) in [6.07, 6.45) is 3.59. The molecule has 0 spiro atoms. The first-order valence-corrected chi connectivity index (χ1v) is 7.55. The van der Waals surface area contributed by atoms with E-state index in [9.17, 15) is 0 Å². The SMILES string of the molecule is CCOCCCNC1CCC(C)(C)c2ccccc21. The molecular weight excluding hydrogens is 234 g/mol. The molecule has 2 heteroatoms. The average Bonchev–Trinajstić information content (AvgIpc) is 2.41. The highest BCUT2D eigenvalue weighted by molar-refractivity contribution is 5.38. The number of ether oxygens (including phenoxy) is 1. The summed E-state index contributed by atoms with van der Waals surface area (Å²) in [5, 5.41) is 3.69. The lowest BCUT2D eigenvalue weighted by molar-refractivity contribution is 0.143. The van der Waals surface area contributed by atoms with E-state index in [2.05, 4.69) is 43.4 Å². The van der Waals surface area contributed by atoms with E-state index in [1.54, 1.807) is 0 Å². The molecule has 1 atom stereocenters. The van der Waals surface area contributed by atoms with Crippen molar-refractivity contribution >= 4 is 0 Å². The Morgan fingerprint density at radius 2 is 2.11 bits per heavy atom. The monoisotopic (exact) mass is 261 g/mol. The van der Waals surface area contributed by atoms with Crippen LogP contribution in [0.3, 0.4) is 0 Å². The van der Waals surface area contributed by atoms with Crippen molar-refractivity contribution in [1.29, 1.82) is 0 Å². The second-order valence-corrected chi connectivity index (χ2v) is 6.07. The van der Waals surface area contributed by atoms with Gasteiger partial charge >= 0.3 is 0 Å². The van der Waals surface area contributed by atoms with Crippen LogP contribution in [0.25, 0.3) is 0 Å². The van der Waals surface area contributed by atoms with E-state index in [0.29, 0.717) is 11.5 Å². The molecule has 0 aromatic heterocycles. The molecule has 1 aromatic carbocycles. The Bertz CT molecular complexity index is 400. The van der Waals surface area contributed by atoms with E-state index in [1.807, 2.05) is 6.92 Å². The summed E-state index contributed by atoms with van der Waals surface area (Å²) >= 11 is 0. The maximum absolute atomic E-state index is 5.39. The summed E-state index contributed by atoms with van der Waals surface area (Å²) in [5.74, 6) is 0. The first-order chi connectivity index (χ1) is 9.15. The third kappa shape index (κ3) is 3.58. The minimum Gasteiger partial charge on any atom is -0.382 e. The molecule has 1 aromatic rings. The summed E-state index contributed by atoms with van der Waals surface area (Å²) in [5.41, 5.74) is 3.33. The number of nitrogens with one attached hydrogen (secondary N) is 1. The van der Waals surface area contributed by atoms with Gasteiger partial charge in [-0.3, -0.25) is 0 Å². The molecule has 0 heterocycles. The lowest BCUT2D eigenvalue weighted by atomic mass is 9.71. The Hall–Kier alpha value is -0.860. The third-order valence-corrected chi connectivity index (χ3v) is 4.18. The van der Waals surface area contributed by atoms with Crippen molar-refractivity contribution in [3.63, 3.8) is 0 Å². The largest absolute Gasteiger partial charge is 0.382 e. The quantitative estimate of drug-likeness (QED) is 0.786. The minimum atomic E-state index is 0.320. The van der Waals surface area contributed by atoms with Crippen molar-refractivity contribution in [2.45, 2.75) is 51.5 Å². The molecule has 1 aliphatic carbocycles. The van der Waals surface area contributed by atoms with Crippen molar-refractivity contribution in [1.82, 2.24) is 5.32 Å². The van der Waals surface area contributed by atoms with Crippen molar-refractivity contribution in [3.05, 3.63) is 35.4 Å². The molecule has 0 bridgehead atoms. The summed E-state index contributed by atoms with van der Waals surface area (Å²) in [6, 6.07) is 9.43. The third-order valence-electron chi connectivity index (χ3n) is 4.18. The van der Waals surface area contributed by atoms with E-state index < -0.39 is 0 Å². The van der Waals surface area contributed by atoms with Crippen LogP contribution >= 0.6 is 0 Å². The van der Waals surface area contributed by atoms with E-state index in [0.717, 1.165) is 26.2 Å². The summed E-state index contributed by atoms with van der Waals surface area (Å²) in [4.78, 5) is 0. The molecule has 0 saturated heterocycles. The second kappa shape index (κ2) is 6.53. The molecule has 19 heavy (non-hydrogen) atoms. The first-order valence-electron chi connectivity index (χ1n) is 7.55. The van der Waals surface area contributed by atoms with Crippen molar-refractivity contribution in [3.8, 4) is 0 Å². The van der Waals surface area contributed by atoms with E-state index in [-0.39, 0.29) is 0 Å². The van der Waals surface area contributed by atoms with Crippen LogP contribution in [0.2, 0.25) is 0 Å². The van der Waals surface area contributed by atoms with Crippen molar-refractivity contribution < 1.29 is 4.74 Å². The van der Waals surface area contributed by atoms with Gasteiger partial charge in [-0.15, -0.1) is 0 Å². The number of hydrogen-bond donors (Lipinski definition) is 1. The molecule has 0 saturated carbocycles. The lowest BCUT2D eigenvalue weighted by Crippen LogP contribution is -2.33. The lowest BCUT2D eigenvalue weighted by Gasteiger charge is -2.37. The highest BCUT2D eigenvalue weighted by atomic mass is 16.5. The van der Waals surface area contributed by atoms with Crippen LogP contribution in [-0.2, 0) is 10.2 Å². The number of rotatable bonds is 6. The van der Waals surface area contributed by atoms with Gasteiger partial charge in [0.25, 0.3) is 0 Å². The van der Waals surface area contributed by atoms with Gasteiger partial charge in [-0.2, -0.15) is 0 Å². The second-order valence-electron chi connectivity index (χ2n) is 6.07. The van der Waals surface area contributed by atoms with Crippen LogP contribution in [0.4, 0.5) is 0 Å².